The van der Waals surface area contributed by atoms with Crippen molar-refractivity contribution in [3.05, 3.63) is 58.6 Å². The number of methoxy groups -OCH3 is 2. The average Bonchev–Trinajstić information content (AvgIpc) is 3.53. The number of anilines is 3. The average molecular weight is 751 g/mol. The number of likely N-dealkylation sites (N-methyl/N-ethyl adjacent to an activating group) is 2. The molecule has 2 saturated heterocycles. The summed E-state index contributed by atoms with van der Waals surface area (Å²) in [6.07, 6.45) is 0.516. The third-order valence-corrected chi connectivity index (χ3v) is 13.5. The van der Waals surface area contributed by atoms with Gasteiger partial charge in [-0.2, -0.15) is 3.71 Å². The van der Waals surface area contributed by atoms with Crippen LogP contribution in [0.1, 0.15) is 5.56 Å². The smallest absolute Gasteiger partial charge is 0.277 e. The number of hydrogen-bond donors (Lipinski definition) is 0. The first-order valence-corrected chi connectivity index (χ1v) is 19.1. The van der Waals surface area contributed by atoms with E-state index in [1.165, 1.54) is 44.6 Å². The second-order valence-electron chi connectivity index (χ2n) is 12.0. The van der Waals surface area contributed by atoms with Crippen molar-refractivity contribution in [3.63, 3.8) is 0 Å². The first-order chi connectivity index (χ1) is 22.4. The molecule has 3 heterocycles. The molecule has 12 nitrogen and oxygen atoms in total. The van der Waals surface area contributed by atoms with Crippen molar-refractivity contribution in [2.45, 2.75) is 16.2 Å². The minimum Gasteiger partial charge on any atom is -0.495 e. The maximum Gasteiger partial charge on any atom is 0.277 e. The largest absolute Gasteiger partial charge is 0.495 e. The molecule has 47 heavy (non-hydrogen) atoms. The Morgan fingerprint density at radius 2 is 1.17 bits per heavy atom. The molecule has 3 aliphatic heterocycles. The fourth-order valence-corrected chi connectivity index (χ4v) is 10.4. The first kappa shape index (κ1) is 33.7. The van der Waals surface area contributed by atoms with Crippen LogP contribution in [0.3, 0.4) is 0 Å². The molecule has 2 fully saturated rings. The highest BCUT2D eigenvalue weighted by atomic mass is 79.9. The number of piperazine rings is 2. The van der Waals surface area contributed by atoms with Crippen molar-refractivity contribution in [3.8, 4) is 17.2 Å². The van der Waals surface area contributed by atoms with Gasteiger partial charge in [-0.25, -0.2) is 16.8 Å². The summed E-state index contributed by atoms with van der Waals surface area (Å²) in [7, 11) is -2.38. The molecule has 0 amide bonds. The Morgan fingerprint density at radius 1 is 0.702 bits per heavy atom. The van der Waals surface area contributed by atoms with E-state index in [-0.39, 0.29) is 21.2 Å². The number of rotatable bonds is 9. The molecule has 15 heteroatoms. The van der Waals surface area contributed by atoms with Gasteiger partial charge in [0, 0.05) is 68.8 Å². The number of halogens is 1. The van der Waals surface area contributed by atoms with Crippen molar-refractivity contribution >= 4 is 53.0 Å². The van der Waals surface area contributed by atoms with E-state index in [4.69, 9.17) is 14.2 Å². The molecule has 0 bridgehead atoms. The van der Waals surface area contributed by atoms with E-state index >= 15 is 0 Å². The van der Waals surface area contributed by atoms with Gasteiger partial charge in [-0.15, -0.1) is 0 Å². The van der Waals surface area contributed by atoms with Crippen LogP contribution in [0.4, 0.5) is 17.1 Å². The van der Waals surface area contributed by atoms with Crippen molar-refractivity contribution in [1.82, 2.24) is 9.80 Å². The highest BCUT2D eigenvalue weighted by Crippen LogP contribution is 2.45. The summed E-state index contributed by atoms with van der Waals surface area (Å²) in [6.45, 7) is 6.09. The predicted molar refractivity (Wildman–Crippen MR) is 186 cm³/mol. The minimum absolute atomic E-state index is 0.0826. The van der Waals surface area contributed by atoms with E-state index in [1.807, 2.05) is 20.2 Å². The van der Waals surface area contributed by atoms with Gasteiger partial charge in [-0.3, -0.25) is 0 Å². The quantitative estimate of drug-likeness (QED) is 0.321. The van der Waals surface area contributed by atoms with Crippen LogP contribution in [0.5, 0.6) is 17.2 Å². The zero-order chi connectivity index (χ0) is 33.5. The monoisotopic (exact) mass is 749 g/mol. The van der Waals surface area contributed by atoms with Crippen LogP contribution in [0.15, 0.2) is 62.8 Å². The van der Waals surface area contributed by atoms with E-state index in [1.54, 1.807) is 12.1 Å². The molecule has 0 radical (unpaired) electrons. The second-order valence-corrected chi connectivity index (χ2v) is 16.7. The van der Waals surface area contributed by atoms with Crippen molar-refractivity contribution in [2.75, 3.05) is 101 Å². The Kier molecular flexibility index (Phi) is 9.55. The van der Waals surface area contributed by atoms with Gasteiger partial charge in [0.05, 0.1) is 42.0 Å². The molecule has 3 aromatic rings. The van der Waals surface area contributed by atoms with Crippen molar-refractivity contribution < 1.29 is 31.0 Å². The van der Waals surface area contributed by atoms with Gasteiger partial charge in [-0.1, -0.05) is 15.9 Å². The number of fused-ring (bicyclic) bond motifs is 1. The maximum absolute atomic E-state index is 14.9. The molecular weight excluding hydrogens is 710 g/mol. The highest BCUT2D eigenvalue weighted by molar-refractivity contribution is 9.10. The number of hydrogen-bond acceptors (Lipinski definition) is 11. The van der Waals surface area contributed by atoms with Gasteiger partial charge >= 0.3 is 0 Å². The molecular formula is C32H40BrN5O7S2. The van der Waals surface area contributed by atoms with Crippen LogP contribution in [0.2, 0.25) is 0 Å². The Balaban J connectivity index is 1.52. The molecule has 3 aliphatic rings. The Morgan fingerprint density at radius 3 is 1.62 bits per heavy atom. The summed E-state index contributed by atoms with van der Waals surface area (Å²) >= 11 is 3.48. The van der Waals surface area contributed by atoms with Gasteiger partial charge in [0.15, 0.2) is 0 Å². The van der Waals surface area contributed by atoms with Crippen LogP contribution in [-0.4, -0.2) is 114 Å². The number of benzene rings is 3. The van der Waals surface area contributed by atoms with Crippen LogP contribution >= 0.6 is 15.9 Å². The third-order valence-electron chi connectivity index (χ3n) is 8.95. The molecule has 0 atom stereocenters. The molecule has 0 aromatic heterocycles. The van der Waals surface area contributed by atoms with E-state index in [0.29, 0.717) is 75.8 Å². The van der Waals surface area contributed by atoms with Crippen LogP contribution < -0.4 is 27.7 Å². The van der Waals surface area contributed by atoms with Crippen LogP contribution in [0.25, 0.3) is 0 Å². The predicted octanol–water partition coefficient (Wildman–Crippen LogP) is 3.49. The second kappa shape index (κ2) is 13.3. The van der Waals surface area contributed by atoms with E-state index in [0.717, 1.165) is 26.2 Å². The lowest BCUT2D eigenvalue weighted by Gasteiger charge is -2.35. The Bertz CT molecular complexity index is 1760. The molecule has 0 saturated carbocycles. The lowest BCUT2D eigenvalue weighted by molar-refractivity contribution is 0.311. The summed E-state index contributed by atoms with van der Waals surface area (Å²) in [4.78, 5) is 8.13. The fraction of sp³-hybridized carbons (Fsp3) is 0.438. The topological polar surface area (TPSA) is 112 Å². The molecule has 0 spiro atoms. The summed E-state index contributed by atoms with van der Waals surface area (Å²) in [5, 5.41) is 0. The Labute approximate surface area is 285 Å². The van der Waals surface area contributed by atoms with Gasteiger partial charge in [0.1, 0.15) is 22.9 Å². The van der Waals surface area contributed by atoms with E-state index in [2.05, 4.69) is 35.5 Å². The number of ether oxygens (including phenoxy) is 3. The molecule has 0 aliphatic carbocycles. The molecule has 0 unspecified atom stereocenters. The van der Waals surface area contributed by atoms with Crippen LogP contribution in [0, 0.1) is 0 Å². The van der Waals surface area contributed by atoms with Gasteiger partial charge in [-0.05, 0) is 62.6 Å². The van der Waals surface area contributed by atoms with Crippen molar-refractivity contribution in [2.24, 2.45) is 0 Å². The summed E-state index contributed by atoms with van der Waals surface area (Å²) in [5.41, 5.74) is 1.79. The van der Waals surface area contributed by atoms with E-state index in [9.17, 15) is 16.8 Å². The lowest BCUT2D eigenvalue weighted by Crippen LogP contribution is -2.45. The summed E-state index contributed by atoms with van der Waals surface area (Å²) < 4.78 is 77.7. The number of sulfonamides is 2. The highest BCUT2D eigenvalue weighted by Gasteiger charge is 2.41. The van der Waals surface area contributed by atoms with Crippen molar-refractivity contribution in [1.29, 1.82) is 0 Å². The number of nitrogens with zero attached hydrogens (tertiary/aromatic N) is 5. The van der Waals surface area contributed by atoms with Gasteiger partial charge in [0.2, 0.25) is 0 Å². The fourth-order valence-electron chi connectivity index (χ4n) is 6.21. The van der Waals surface area contributed by atoms with Gasteiger partial charge in [0.25, 0.3) is 20.0 Å². The Hall–Kier alpha value is -3.24. The summed E-state index contributed by atoms with van der Waals surface area (Å²) in [6, 6.07) is 12.2. The first-order valence-electron chi connectivity index (χ1n) is 15.4. The van der Waals surface area contributed by atoms with E-state index < -0.39 is 20.0 Å². The molecule has 254 valence electrons. The zero-order valence-corrected chi connectivity index (χ0v) is 30.2. The maximum atomic E-state index is 14.9. The normalized spacial score (nSPS) is 17.7. The van der Waals surface area contributed by atoms with Gasteiger partial charge < -0.3 is 33.8 Å². The zero-order valence-electron chi connectivity index (χ0n) is 27.0. The molecule has 6 rings (SSSR count). The summed E-state index contributed by atoms with van der Waals surface area (Å²) in [5.74, 6) is 1.23. The molecule has 0 N–H and O–H groups in total. The SMILES string of the molecule is COc1ccc(S(=O)(=O)N(c2cc(Br)cc3c2OCC3)S(=O)(=O)c2ccc(OC)c(N3CCN(C)CC3)c2)cc1N1CCN(C)CC1. The van der Waals surface area contributed by atoms with Crippen LogP contribution in [-0.2, 0) is 26.5 Å². The minimum atomic E-state index is -4.76. The lowest BCUT2D eigenvalue weighted by atomic mass is 10.1. The standard InChI is InChI=1S/C32H40BrN5O7S2/c1-34-10-14-36(15-11-34)27-21-25(5-7-30(27)43-3)46(39,40)38(29-20-24(33)19-23-9-18-45-32(23)29)47(41,42)26-6-8-31(44-4)28(22-26)37-16-12-35(2)13-17-37/h5-8,19-22H,9-18H2,1-4H3. The third kappa shape index (κ3) is 6.47. The molecule has 3 aromatic carbocycles.